The van der Waals surface area contributed by atoms with Crippen molar-refractivity contribution >= 4 is 17.3 Å². The molecule has 0 saturated heterocycles. The van der Waals surface area contributed by atoms with Crippen molar-refractivity contribution in [3.8, 4) is 0 Å². The van der Waals surface area contributed by atoms with Crippen molar-refractivity contribution in [2.75, 3.05) is 18.2 Å². The van der Waals surface area contributed by atoms with Crippen LogP contribution in [-0.4, -0.2) is 18.6 Å². The van der Waals surface area contributed by atoms with Gasteiger partial charge in [0.1, 0.15) is 0 Å². The molecule has 4 nitrogen and oxygen atoms in total. The summed E-state index contributed by atoms with van der Waals surface area (Å²) >= 11 is 0. The Morgan fingerprint density at radius 1 is 1.47 bits per heavy atom. The van der Waals surface area contributed by atoms with Crippen molar-refractivity contribution in [3.05, 3.63) is 23.8 Å². The number of carbonyl (C=O) groups is 1. The van der Waals surface area contributed by atoms with E-state index in [1.807, 2.05) is 6.07 Å². The van der Waals surface area contributed by atoms with Crippen molar-refractivity contribution in [2.24, 2.45) is 0 Å². The molecule has 1 aliphatic carbocycles. The van der Waals surface area contributed by atoms with E-state index in [-0.39, 0.29) is 11.5 Å². The van der Waals surface area contributed by atoms with E-state index in [0.29, 0.717) is 11.3 Å². The van der Waals surface area contributed by atoms with Crippen LogP contribution in [0.2, 0.25) is 0 Å². The fourth-order valence-electron chi connectivity index (χ4n) is 2.08. The largest absolute Gasteiger partial charge is 0.465 e. The lowest BCUT2D eigenvalue weighted by atomic mass is 9.78. The molecule has 0 atom stereocenters. The third-order valence-corrected chi connectivity index (χ3v) is 3.37. The first-order chi connectivity index (χ1) is 8.04. The van der Waals surface area contributed by atoms with Crippen molar-refractivity contribution in [3.63, 3.8) is 0 Å². The maximum atomic E-state index is 11.3. The number of carbonyl (C=O) groups excluding carboxylic acids is 1. The predicted molar refractivity (Wildman–Crippen MR) is 68.1 cm³/mol. The van der Waals surface area contributed by atoms with Crippen LogP contribution in [0.3, 0.4) is 0 Å². The molecule has 0 amide bonds. The molecule has 0 radical (unpaired) electrons. The van der Waals surface area contributed by atoms with E-state index < -0.39 is 0 Å². The van der Waals surface area contributed by atoms with Crippen LogP contribution in [0.5, 0.6) is 0 Å². The lowest BCUT2D eigenvalue weighted by Crippen LogP contribution is -2.41. The molecule has 1 fully saturated rings. The van der Waals surface area contributed by atoms with Crippen molar-refractivity contribution < 1.29 is 9.53 Å². The highest BCUT2D eigenvalue weighted by Crippen LogP contribution is 2.36. The van der Waals surface area contributed by atoms with Crippen LogP contribution in [-0.2, 0) is 4.74 Å². The second kappa shape index (κ2) is 4.28. The minimum absolute atomic E-state index is 0.154. The molecule has 3 N–H and O–H groups in total. The van der Waals surface area contributed by atoms with Crippen molar-refractivity contribution in [1.82, 2.24) is 0 Å². The van der Waals surface area contributed by atoms with Crippen LogP contribution in [0.15, 0.2) is 18.2 Å². The van der Waals surface area contributed by atoms with E-state index in [0.717, 1.165) is 18.5 Å². The minimum Gasteiger partial charge on any atom is -0.465 e. The van der Waals surface area contributed by atoms with Crippen molar-refractivity contribution in [1.29, 1.82) is 0 Å². The predicted octanol–water partition coefficient (Wildman–Crippen LogP) is 2.41. The first kappa shape index (κ1) is 11.8. The molecule has 0 heterocycles. The topological polar surface area (TPSA) is 64.3 Å². The van der Waals surface area contributed by atoms with Crippen LogP contribution in [0, 0.1) is 0 Å². The molecule has 0 bridgehead atoms. The summed E-state index contributed by atoms with van der Waals surface area (Å²) in [5, 5.41) is 3.43. The first-order valence-electron chi connectivity index (χ1n) is 5.80. The number of benzene rings is 1. The molecule has 1 aromatic rings. The maximum Gasteiger partial charge on any atom is 0.337 e. The summed E-state index contributed by atoms with van der Waals surface area (Å²) in [6.07, 6.45) is 3.57. The second-order valence-electron chi connectivity index (χ2n) is 4.83. The summed E-state index contributed by atoms with van der Waals surface area (Å²) in [5.74, 6) is -0.363. The summed E-state index contributed by atoms with van der Waals surface area (Å²) < 4.78 is 4.65. The number of anilines is 2. The monoisotopic (exact) mass is 234 g/mol. The van der Waals surface area contributed by atoms with Gasteiger partial charge in [0, 0.05) is 5.54 Å². The number of nitrogen functional groups attached to an aromatic ring is 1. The van der Waals surface area contributed by atoms with Crippen LogP contribution < -0.4 is 11.1 Å². The third-order valence-electron chi connectivity index (χ3n) is 3.37. The molecular weight excluding hydrogens is 216 g/mol. The van der Waals surface area contributed by atoms with E-state index in [1.54, 1.807) is 12.1 Å². The Labute approximate surface area is 101 Å². The zero-order valence-electron chi connectivity index (χ0n) is 10.2. The van der Waals surface area contributed by atoms with Gasteiger partial charge in [-0.05, 0) is 44.4 Å². The highest BCUT2D eigenvalue weighted by Gasteiger charge is 2.31. The van der Waals surface area contributed by atoms with Gasteiger partial charge in [0.2, 0.25) is 0 Å². The van der Waals surface area contributed by atoms with E-state index in [4.69, 9.17) is 5.73 Å². The van der Waals surface area contributed by atoms with E-state index in [9.17, 15) is 4.79 Å². The lowest BCUT2D eigenvalue weighted by Gasteiger charge is -2.40. The Bertz CT molecular complexity index is 439. The van der Waals surface area contributed by atoms with Gasteiger partial charge in [0.05, 0.1) is 24.0 Å². The quantitative estimate of drug-likeness (QED) is 0.622. The van der Waals surface area contributed by atoms with Gasteiger partial charge in [-0.25, -0.2) is 4.79 Å². The van der Waals surface area contributed by atoms with Gasteiger partial charge in [0.25, 0.3) is 0 Å². The summed E-state index contributed by atoms with van der Waals surface area (Å²) in [6, 6.07) is 5.22. The maximum absolute atomic E-state index is 11.3. The fourth-order valence-corrected chi connectivity index (χ4v) is 2.08. The van der Waals surface area contributed by atoms with Crippen LogP contribution in [0.1, 0.15) is 36.5 Å². The zero-order chi connectivity index (χ0) is 12.5. The fraction of sp³-hybridized carbons (Fsp3) is 0.462. The highest BCUT2D eigenvalue weighted by atomic mass is 16.5. The number of nitrogens with two attached hydrogens (primary N) is 1. The van der Waals surface area contributed by atoms with E-state index in [2.05, 4.69) is 17.0 Å². The summed E-state index contributed by atoms with van der Waals surface area (Å²) in [6.45, 7) is 2.18. The minimum atomic E-state index is -0.363. The summed E-state index contributed by atoms with van der Waals surface area (Å²) in [5.41, 5.74) is 8.04. The Balaban J connectivity index is 2.17. The summed E-state index contributed by atoms with van der Waals surface area (Å²) in [7, 11) is 1.36. The second-order valence-corrected chi connectivity index (χ2v) is 4.83. The number of hydrogen-bond acceptors (Lipinski definition) is 4. The lowest BCUT2D eigenvalue weighted by molar-refractivity contribution is 0.0601. The average Bonchev–Trinajstić information content (AvgIpc) is 2.28. The molecule has 0 unspecified atom stereocenters. The van der Waals surface area contributed by atoms with E-state index >= 15 is 0 Å². The molecule has 2 rings (SSSR count). The van der Waals surface area contributed by atoms with Crippen LogP contribution >= 0.6 is 0 Å². The molecule has 1 aliphatic rings. The Morgan fingerprint density at radius 2 is 2.18 bits per heavy atom. The van der Waals surface area contributed by atoms with Gasteiger partial charge >= 0.3 is 5.97 Å². The molecule has 17 heavy (non-hydrogen) atoms. The van der Waals surface area contributed by atoms with Crippen LogP contribution in [0.4, 0.5) is 11.4 Å². The number of hydrogen-bond donors (Lipinski definition) is 2. The number of methoxy groups -OCH3 is 1. The van der Waals surface area contributed by atoms with Gasteiger partial charge < -0.3 is 15.8 Å². The smallest absolute Gasteiger partial charge is 0.337 e. The van der Waals surface area contributed by atoms with Crippen molar-refractivity contribution in [2.45, 2.75) is 31.7 Å². The molecule has 0 aromatic heterocycles. The molecule has 0 aliphatic heterocycles. The van der Waals surface area contributed by atoms with Gasteiger partial charge in [-0.2, -0.15) is 0 Å². The van der Waals surface area contributed by atoms with Gasteiger partial charge in [-0.3, -0.25) is 0 Å². The summed E-state index contributed by atoms with van der Waals surface area (Å²) in [4.78, 5) is 11.3. The Morgan fingerprint density at radius 3 is 2.65 bits per heavy atom. The number of ether oxygens (including phenoxy) is 1. The zero-order valence-corrected chi connectivity index (χ0v) is 10.2. The average molecular weight is 234 g/mol. The molecule has 0 spiro atoms. The standard InChI is InChI=1S/C13H18N2O2/c1-13(6-3-7-13)15-11-5-4-9(8-10(11)14)12(16)17-2/h4-5,8,15H,3,6-7,14H2,1-2H3. The molecular formula is C13H18N2O2. The number of esters is 1. The van der Waals surface area contributed by atoms with Gasteiger partial charge in [-0.1, -0.05) is 0 Å². The molecule has 1 aromatic carbocycles. The number of nitrogens with one attached hydrogen (secondary N) is 1. The first-order valence-corrected chi connectivity index (χ1v) is 5.80. The number of rotatable bonds is 3. The molecule has 92 valence electrons. The Kier molecular flexibility index (Phi) is 2.96. The van der Waals surface area contributed by atoms with Crippen LogP contribution in [0.25, 0.3) is 0 Å². The molecule has 4 heteroatoms. The Hall–Kier alpha value is -1.71. The molecule has 1 saturated carbocycles. The highest BCUT2D eigenvalue weighted by molar-refractivity contribution is 5.91. The van der Waals surface area contributed by atoms with E-state index in [1.165, 1.54) is 13.5 Å². The van der Waals surface area contributed by atoms with Gasteiger partial charge in [0.15, 0.2) is 0 Å². The third kappa shape index (κ3) is 2.35. The normalized spacial score (nSPS) is 17.1. The van der Waals surface area contributed by atoms with Gasteiger partial charge in [-0.15, -0.1) is 0 Å². The SMILES string of the molecule is COC(=O)c1ccc(NC2(C)CCC2)c(N)c1.